The van der Waals surface area contributed by atoms with Crippen LogP contribution in [-0.4, -0.2) is 54.7 Å². The molecule has 0 aromatic carbocycles. The number of nitrogens with zero attached hydrogens (tertiary/aromatic N) is 6. The van der Waals surface area contributed by atoms with Crippen molar-refractivity contribution in [2.24, 2.45) is 13.0 Å². The van der Waals surface area contributed by atoms with E-state index in [1.54, 1.807) is 21.6 Å². The van der Waals surface area contributed by atoms with Crippen LogP contribution in [-0.2, 0) is 12.5 Å². The Hall–Kier alpha value is -2.90. The summed E-state index contributed by atoms with van der Waals surface area (Å²) in [5, 5.41) is 4.54. The summed E-state index contributed by atoms with van der Waals surface area (Å²) in [6, 6.07) is 3.81. The van der Waals surface area contributed by atoms with E-state index in [2.05, 4.69) is 35.8 Å². The first-order valence-electron chi connectivity index (χ1n) is 10.1. The minimum atomic E-state index is -0.0183. The summed E-state index contributed by atoms with van der Waals surface area (Å²) in [4.78, 5) is 23.1. The quantitative estimate of drug-likeness (QED) is 0.678. The van der Waals surface area contributed by atoms with Gasteiger partial charge in [0.05, 0.1) is 31.0 Å². The van der Waals surface area contributed by atoms with Crippen LogP contribution in [0, 0.1) is 5.92 Å². The second-order valence-electron chi connectivity index (χ2n) is 8.79. The van der Waals surface area contributed by atoms with Gasteiger partial charge < -0.3 is 14.2 Å². The number of aryl methyl sites for hydroxylation is 1. The van der Waals surface area contributed by atoms with Gasteiger partial charge in [0.1, 0.15) is 5.69 Å². The van der Waals surface area contributed by atoms with E-state index in [1.165, 1.54) is 0 Å². The van der Waals surface area contributed by atoms with Gasteiger partial charge in [-0.3, -0.25) is 4.79 Å². The summed E-state index contributed by atoms with van der Waals surface area (Å²) in [5.41, 5.74) is 2.44. The van der Waals surface area contributed by atoms with Crippen LogP contribution < -0.4 is 4.74 Å². The molecule has 4 heterocycles. The van der Waals surface area contributed by atoms with Gasteiger partial charge in [0, 0.05) is 31.6 Å². The first-order valence-corrected chi connectivity index (χ1v) is 10.1. The van der Waals surface area contributed by atoms with Crippen molar-refractivity contribution in [3.8, 4) is 5.88 Å². The molecule has 8 heteroatoms. The zero-order valence-corrected chi connectivity index (χ0v) is 17.5. The molecule has 0 radical (unpaired) electrons. The number of carbonyl (C=O) groups is 1. The lowest BCUT2D eigenvalue weighted by Gasteiger charge is -2.31. The zero-order chi connectivity index (χ0) is 20.6. The molecule has 1 amide bonds. The number of imidazole rings is 2. The lowest BCUT2D eigenvalue weighted by atomic mass is 9.93. The second kappa shape index (κ2) is 7.50. The summed E-state index contributed by atoms with van der Waals surface area (Å²) in [5.74, 6) is 1.06. The van der Waals surface area contributed by atoms with Crippen molar-refractivity contribution in [1.29, 1.82) is 0 Å². The molecule has 0 unspecified atom stereocenters. The van der Waals surface area contributed by atoms with E-state index in [-0.39, 0.29) is 11.3 Å². The molecule has 8 nitrogen and oxygen atoms in total. The predicted molar refractivity (Wildman–Crippen MR) is 109 cm³/mol. The van der Waals surface area contributed by atoms with Crippen molar-refractivity contribution in [3.63, 3.8) is 0 Å². The van der Waals surface area contributed by atoms with Gasteiger partial charge in [0.15, 0.2) is 5.65 Å². The van der Waals surface area contributed by atoms with Gasteiger partial charge in [-0.25, -0.2) is 14.5 Å². The Morgan fingerprint density at radius 2 is 2.00 bits per heavy atom. The molecule has 4 rings (SSSR count). The van der Waals surface area contributed by atoms with E-state index in [0.717, 1.165) is 37.3 Å². The monoisotopic (exact) mass is 396 g/mol. The fourth-order valence-electron chi connectivity index (χ4n) is 3.53. The number of fused-ring (bicyclic) bond motifs is 1. The SMILES string of the molecule is Cn1cncc1C(=O)N1CCC(COc2ccc3nc(C(C)(C)C)cn3n2)CC1. The Kier molecular flexibility index (Phi) is 5.02. The number of hydrogen-bond donors (Lipinski definition) is 0. The van der Waals surface area contributed by atoms with Crippen LogP contribution >= 0.6 is 0 Å². The highest BCUT2D eigenvalue weighted by Gasteiger charge is 2.25. The van der Waals surface area contributed by atoms with Crippen molar-refractivity contribution in [2.45, 2.75) is 39.0 Å². The van der Waals surface area contributed by atoms with Crippen molar-refractivity contribution in [3.05, 3.63) is 42.2 Å². The smallest absolute Gasteiger partial charge is 0.272 e. The molecule has 1 fully saturated rings. The molecular weight excluding hydrogens is 368 g/mol. The van der Waals surface area contributed by atoms with Gasteiger partial charge in [-0.2, -0.15) is 0 Å². The Balaban J connectivity index is 1.32. The van der Waals surface area contributed by atoms with Crippen LogP contribution in [0.2, 0.25) is 0 Å². The lowest BCUT2D eigenvalue weighted by molar-refractivity contribution is 0.0649. The minimum Gasteiger partial charge on any atom is -0.476 e. The van der Waals surface area contributed by atoms with Crippen LogP contribution in [0.5, 0.6) is 5.88 Å². The third kappa shape index (κ3) is 4.11. The molecule has 0 N–H and O–H groups in total. The third-order valence-corrected chi connectivity index (χ3v) is 5.47. The Bertz CT molecular complexity index is 1010. The van der Waals surface area contributed by atoms with Crippen molar-refractivity contribution >= 4 is 11.6 Å². The summed E-state index contributed by atoms with van der Waals surface area (Å²) < 4.78 is 9.51. The van der Waals surface area contributed by atoms with Crippen LogP contribution in [0.3, 0.4) is 0 Å². The maximum absolute atomic E-state index is 12.6. The van der Waals surface area contributed by atoms with Gasteiger partial charge in [-0.05, 0) is 24.8 Å². The number of hydrogen-bond acceptors (Lipinski definition) is 5. The summed E-state index contributed by atoms with van der Waals surface area (Å²) in [6.45, 7) is 8.49. The summed E-state index contributed by atoms with van der Waals surface area (Å²) in [7, 11) is 1.84. The Morgan fingerprint density at radius 1 is 1.24 bits per heavy atom. The van der Waals surface area contributed by atoms with Crippen LogP contribution in [0.1, 0.15) is 49.8 Å². The predicted octanol–water partition coefficient (Wildman–Crippen LogP) is 2.69. The molecule has 1 aliphatic heterocycles. The Morgan fingerprint density at radius 3 is 2.66 bits per heavy atom. The molecule has 1 saturated heterocycles. The molecule has 0 spiro atoms. The van der Waals surface area contributed by atoms with Crippen molar-refractivity contribution in [1.82, 2.24) is 29.0 Å². The number of likely N-dealkylation sites (tertiary alicyclic amines) is 1. The molecule has 29 heavy (non-hydrogen) atoms. The number of piperidine rings is 1. The lowest BCUT2D eigenvalue weighted by Crippen LogP contribution is -2.40. The average molecular weight is 396 g/mol. The van der Waals surface area contributed by atoms with Gasteiger partial charge in [-0.15, -0.1) is 5.10 Å². The molecule has 0 bridgehead atoms. The van der Waals surface area contributed by atoms with Crippen LogP contribution in [0.15, 0.2) is 30.9 Å². The van der Waals surface area contributed by atoms with Crippen LogP contribution in [0.4, 0.5) is 0 Å². The summed E-state index contributed by atoms with van der Waals surface area (Å²) in [6.07, 6.45) is 7.09. The normalized spacial score (nSPS) is 15.8. The molecule has 1 aliphatic rings. The maximum Gasteiger partial charge on any atom is 0.272 e. The highest BCUT2D eigenvalue weighted by atomic mass is 16.5. The fraction of sp³-hybridized carbons (Fsp3) is 0.524. The highest BCUT2D eigenvalue weighted by Crippen LogP contribution is 2.23. The van der Waals surface area contributed by atoms with Gasteiger partial charge in [-0.1, -0.05) is 20.8 Å². The molecule has 154 valence electrons. The number of amides is 1. The number of aromatic nitrogens is 5. The van der Waals surface area contributed by atoms with Crippen molar-refractivity contribution in [2.75, 3.05) is 19.7 Å². The number of rotatable bonds is 4. The largest absolute Gasteiger partial charge is 0.476 e. The van der Waals surface area contributed by atoms with Crippen molar-refractivity contribution < 1.29 is 9.53 Å². The van der Waals surface area contributed by atoms with Gasteiger partial charge in [0.25, 0.3) is 5.91 Å². The average Bonchev–Trinajstić information content (AvgIpc) is 3.31. The molecule has 3 aromatic rings. The topological polar surface area (TPSA) is 77.5 Å². The molecular formula is C21H28N6O2. The first-order chi connectivity index (χ1) is 13.8. The Labute approximate surface area is 170 Å². The fourth-order valence-corrected chi connectivity index (χ4v) is 3.53. The van der Waals surface area contributed by atoms with Gasteiger partial charge >= 0.3 is 0 Å². The van der Waals surface area contributed by atoms with Crippen LogP contribution in [0.25, 0.3) is 5.65 Å². The summed E-state index contributed by atoms with van der Waals surface area (Å²) >= 11 is 0. The van der Waals surface area contributed by atoms with E-state index in [1.807, 2.05) is 30.3 Å². The molecule has 3 aromatic heterocycles. The van der Waals surface area contributed by atoms with E-state index in [4.69, 9.17) is 4.74 Å². The molecule has 0 saturated carbocycles. The van der Waals surface area contributed by atoms with E-state index in [9.17, 15) is 4.79 Å². The number of ether oxygens (including phenoxy) is 1. The first kappa shape index (κ1) is 19.4. The van der Waals surface area contributed by atoms with Gasteiger partial charge in [0.2, 0.25) is 5.88 Å². The number of carbonyl (C=O) groups excluding carboxylic acids is 1. The zero-order valence-electron chi connectivity index (χ0n) is 17.5. The molecule has 0 aliphatic carbocycles. The van der Waals surface area contributed by atoms with E-state index >= 15 is 0 Å². The minimum absolute atomic E-state index is 0.0183. The van der Waals surface area contributed by atoms with E-state index < -0.39 is 0 Å². The standard InChI is InChI=1S/C21H28N6O2/c1-21(2,3)17-12-27-18(23-17)5-6-19(24-27)29-13-15-7-9-26(10-8-15)20(28)16-11-22-14-25(16)4/h5-6,11-12,14-15H,7-10,13H2,1-4H3. The van der Waals surface area contributed by atoms with E-state index in [0.29, 0.717) is 24.1 Å². The maximum atomic E-state index is 12.6. The highest BCUT2D eigenvalue weighted by molar-refractivity contribution is 5.92. The molecule has 0 atom stereocenters. The third-order valence-electron chi connectivity index (χ3n) is 5.47. The second-order valence-corrected chi connectivity index (χ2v) is 8.79.